The van der Waals surface area contributed by atoms with Crippen LogP contribution >= 0.6 is 0 Å². The highest BCUT2D eigenvalue weighted by atomic mass is 16.3. The first-order valence-electron chi connectivity index (χ1n) is 8.65. The van der Waals surface area contributed by atoms with Gasteiger partial charge in [-0.05, 0) is 52.7 Å². The highest BCUT2D eigenvalue weighted by Gasteiger charge is 2.37. The Hall–Kier alpha value is -2.24. The standard InChI is InChI=1S/C18H26N4O2/c1-5-21-13(3)16(12(2)20-21)11-19-18(23)22(15-8-9-15)14(4)17-7-6-10-24-17/h6-7,10,14-15H,5,8-9,11H2,1-4H3,(H,19,23)/t14-/m0/s1. The highest BCUT2D eigenvalue weighted by Crippen LogP contribution is 2.34. The van der Waals surface area contributed by atoms with Crippen LogP contribution in [0.5, 0.6) is 0 Å². The largest absolute Gasteiger partial charge is 0.467 e. The van der Waals surface area contributed by atoms with Crippen LogP contribution in [0.25, 0.3) is 0 Å². The second kappa shape index (κ2) is 6.71. The van der Waals surface area contributed by atoms with E-state index in [2.05, 4.69) is 24.3 Å². The van der Waals surface area contributed by atoms with Crippen molar-refractivity contribution in [2.24, 2.45) is 0 Å². The monoisotopic (exact) mass is 330 g/mol. The Labute approximate surface area is 142 Å². The molecule has 24 heavy (non-hydrogen) atoms. The van der Waals surface area contributed by atoms with Crippen LogP contribution in [0.15, 0.2) is 22.8 Å². The Kier molecular flexibility index (Phi) is 4.64. The van der Waals surface area contributed by atoms with E-state index in [9.17, 15) is 4.79 Å². The maximum Gasteiger partial charge on any atom is 0.318 e. The quantitative estimate of drug-likeness (QED) is 0.881. The highest BCUT2D eigenvalue weighted by molar-refractivity contribution is 5.75. The number of aromatic nitrogens is 2. The molecule has 2 aromatic rings. The third kappa shape index (κ3) is 3.18. The topological polar surface area (TPSA) is 63.3 Å². The predicted octanol–water partition coefficient (Wildman–Crippen LogP) is 3.55. The molecule has 2 heterocycles. The van der Waals surface area contributed by atoms with Gasteiger partial charge in [-0.15, -0.1) is 0 Å². The molecule has 0 aromatic carbocycles. The summed E-state index contributed by atoms with van der Waals surface area (Å²) >= 11 is 0. The van der Waals surface area contributed by atoms with Crippen molar-refractivity contribution < 1.29 is 9.21 Å². The lowest BCUT2D eigenvalue weighted by Gasteiger charge is -2.28. The van der Waals surface area contributed by atoms with Crippen molar-refractivity contribution in [1.82, 2.24) is 20.0 Å². The molecule has 1 fully saturated rings. The molecule has 0 saturated heterocycles. The molecule has 1 aliphatic carbocycles. The first kappa shape index (κ1) is 16.6. The van der Waals surface area contributed by atoms with Crippen LogP contribution < -0.4 is 5.32 Å². The zero-order valence-electron chi connectivity index (χ0n) is 14.9. The lowest BCUT2D eigenvalue weighted by Crippen LogP contribution is -2.42. The van der Waals surface area contributed by atoms with Gasteiger partial charge < -0.3 is 14.6 Å². The molecule has 6 nitrogen and oxygen atoms in total. The molecule has 1 atom stereocenters. The van der Waals surface area contributed by atoms with Gasteiger partial charge in [0.25, 0.3) is 0 Å². The minimum Gasteiger partial charge on any atom is -0.467 e. The summed E-state index contributed by atoms with van der Waals surface area (Å²) in [7, 11) is 0. The van der Waals surface area contributed by atoms with Gasteiger partial charge in [0.05, 0.1) is 18.0 Å². The van der Waals surface area contributed by atoms with Gasteiger partial charge in [0.2, 0.25) is 0 Å². The summed E-state index contributed by atoms with van der Waals surface area (Å²) in [6.45, 7) is 9.47. The molecule has 1 aliphatic rings. The van der Waals surface area contributed by atoms with Crippen LogP contribution in [0.3, 0.4) is 0 Å². The van der Waals surface area contributed by atoms with Gasteiger partial charge in [0.15, 0.2) is 0 Å². The zero-order chi connectivity index (χ0) is 17.3. The molecule has 0 unspecified atom stereocenters. The van der Waals surface area contributed by atoms with Crippen LogP contribution in [-0.4, -0.2) is 26.8 Å². The Bertz CT molecular complexity index is 701. The fraction of sp³-hybridized carbons (Fsp3) is 0.556. The van der Waals surface area contributed by atoms with E-state index >= 15 is 0 Å². The molecule has 6 heteroatoms. The van der Waals surface area contributed by atoms with E-state index in [1.165, 1.54) is 0 Å². The van der Waals surface area contributed by atoms with E-state index in [1.807, 2.05) is 35.6 Å². The molecule has 0 aliphatic heterocycles. The van der Waals surface area contributed by atoms with Gasteiger partial charge in [-0.3, -0.25) is 4.68 Å². The minimum absolute atomic E-state index is 0.0375. The summed E-state index contributed by atoms with van der Waals surface area (Å²) in [5.74, 6) is 0.822. The Morgan fingerprint density at radius 3 is 2.79 bits per heavy atom. The van der Waals surface area contributed by atoms with Gasteiger partial charge in [-0.1, -0.05) is 0 Å². The van der Waals surface area contributed by atoms with E-state index in [4.69, 9.17) is 4.42 Å². The Morgan fingerprint density at radius 1 is 1.50 bits per heavy atom. The maximum atomic E-state index is 12.8. The molecule has 2 aromatic heterocycles. The minimum atomic E-state index is -0.0620. The molecule has 1 saturated carbocycles. The number of nitrogens with one attached hydrogen (secondary N) is 1. The number of nitrogens with zero attached hydrogens (tertiary/aromatic N) is 3. The second-order valence-electron chi connectivity index (χ2n) is 6.45. The Morgan fingerprint density at radius 2 is 2.25 bits per heavy atom. The molecule has 3 rings (SSSR count). The SMILES string of the molecule is CCn1nc(C)c(CNC(=O)N(C2CC2)[C@@H](C)c2ccco2)c1C. The summed E-state index contributed by atoms with van der Waals surface area (Å²) in [5.41, 5.74) is 3.20. The number of carbonyl (C=O) groups is 1. The number of urea groups is 1. The van der Waals surface area contributed by atoms with Gasteiger partial charge in [-0.25, -0.2) is 4.79 Å². The van der Waals surface area contributed by atoms with Crippen molar-refractivity contribution in [2.45, 2.75) is 65.7 Å². The van der Waals surface area contributed by atoms with Gasteiger partial charge in [-0.2, -0.15) is 5.10 Å². The molecule has 1 N–H and O–H groups in total. The lowest BCUT2D eigenvalue weighted by atomic mass is 10.2. The third-order valence-electron chi connectivity index (χ3n) is 4.79. The maximum absolute atomic E-state index is 12.8. The number of amides is 2. The van der Waals surface area contributed by atoms with Crippen molar-refractivity contribution in [3.63, 3.8) is 0 Å². The van der Waals surface area contributed by atoms with Crippen LogP contribution in [-0.2, 0) is 13.1 Å². The van der Waals surface area contributed by atoms with E-state index in [1.54, 1.807) is 6.26 Å². The van der Waals surface area contributed by atoms with Gasteiger partial charge in [0, 0.05) is 30.4 Å². The first-order chi connectivity index (χ1) is 11.5. The smallest absolute Gasteiger partial charge is 0.318 e. The molecule has 0 bridgehead atoms. The van der Waals surface area contributed by atoms with E-state index in [-0.39, 0.29) is 12.1 Å². The van der Waals surface area contributed by atoms with Gasteiger partial charge in [0.1, 0.15) is 5.76 Å². The normalized spacial score (nSPS) is 15.3. The number of furan rings is 1. The van der Waals surface area contributed by atoms with E-state index in [0.29, 0.717) is 12.6 Å². The number of hydrogen-bond donors (Lipinski definition) is 1. The average Bonchev–Trinajstić information content (AvgIpc) is 3.15. The fourth-order valence-corrected chi connectivity index (χ4v) is 3.23. The Balaban J connectivity index is 1.70. The van der Waals surface area contributed by atoms with Crippen LogP contribution in [0.4, 0.5) is 4.79 Å². The average molecular weight is 330 g/mol. The third-order valence-corrected chi connectivity index (χ3v) is 4.79. The molecular weight excluding hydrogens is 304 g/mol. The second-order valence-corrected chi connectivity index (χ2v) is 6.45. The number of aryl methyl sites for hydroxylation is 2. The van der Waals surface area contributed by atoms with E-state index in [0.717, 1.165) is 42.1 Å². The number of rotatable bonds is 6. The van der Waals surface area contributed by atoms with Crippen molar-refractivity contribution in [1.29, 1.82) is 0 Å². The van der Waals surface area contributed by atoms with Crippen molar-refractivity contribution in [2.75, 3.05) is 0 Å². The molecular formula is C18H26N4O2. The van der Waals surface area contributed by atoms with Crippen molar-refractivity contribution in [3.05, 3.63) is 41.1 Å². The fourth-order valence-electron chi connectivity index (χ4n) is 3.23. The van der Waals surface area contributed by atoms with Crippen molar-refractivity contribution in [3.8, 4) is 0 Å². The lowest BCUT2D eigenvalue weighted by molar-refractivity contribution is 0.166. The summed E-state index contributed by atoms with van der Waals surface area (Å²) < 4.78 is 7.46. The number of carbonyl (C=O) groups excluding carboxylic acids is 1. The van der Waals surface area contributed by atoms with E-state index < -0.39 is 0 Å². The van der Waals surface area contributed by atoms with Crippen LogP contribution in [0, 0.1) is 13.8 Å². The van der Waals surface area contributed by atoms with Crippen LogP contribution in [0.2, 0.25) is 0 Å². The molecule has 0 spiro atoms. The summed E-state index contributed by atoms with van der Waals surface area (Å²) in [5, 5.41) is 7.59. The first-order valence-corrected chi connectivity index (χ1v) is 8.65. The van der Waals surface area contributed by atoms with Crippen LogP contribution in [0.1, 0.15) is 55.4 Å². The summed E-state index contributed by atoms with van der Waals surface area (Å²) in [6.07, 6.45) is 3.77. The predicted molar refractivity (Wildman–Crippen MR) is 91.6 cm³/mol. The summed E-state index contributed by atoms with van der Waals surface area (Å²) in [4.78, 5) is 14.7. The molecule has 2 amide bonds. The number of hydrogen-bond acceptors (Lipinski definition) is 3. The molecule has 130 valence electrons. The molecule has 0 radical (unpaired) electrons. The zero-order valence-corrected chi connectivity index (χ0v) is 14.9. The van der Waals surface area contributed by atoms with Gasteiger partial charge >= 0.3 is 6.03 Å². The summed E-state index contributed by atoms with van der Waals surface area (Å²) in [6, 6.07) is 4.00. The van der Waals surface area contributed by atoms with Crippen molar-refractivity contribution >= 4 is 6.03 Å².